The van der Waals surface area contributed by atoms with Gasteiger partial charge in [0.15, 0.2) is 0 Å². The van der Waals surface area contributed by atoms with Gasteiger partial charge in [0.2, 0.25) is 0 Å². The molecular weight excluding hydrogens is 192 g/mol. The molecule has 1 saturated heterocycles. The zero-order valence-corrected chi connectivity index (χ0v) is 11.4. The summed E-state index contributed by atoms with van der Waals surface area (Å²) < 4.78 is 0. The molecule has 2 atom stereocenters. The van der Waals surface area contributed by atoms with Crippen LogP contribution in [0, 0.1) is 5.92 Å². The van der Waals surface area contributed by atoms with Gasteiger partial charge in [-0.2, -0.15) is 0 Å². The molecule has 0 aliphatic carbocycles. The molecule has 0 N–H and O–H groups in total. The van der Waals surface area contributed by atoms with E-state index in [1.54, 1.807) is 0 Å². The molecule has 2 unspecified atom stereocenters. The zero-order valence-electron chi connectivity index (χ0n) is 7.71. The first-order chi connectivity index (χ1) is 5.80. The van der Waals surface area contributed by atoms with Crippen LogP contribution in [0.1, 0.15) is 0 Å². The SMILES string of the molecule is C=CC1C[SiH](C=C)[SiH2][SiH](C=C)C1. The van der Waals surface area contributed by atoms with Crippen LogP contribution in [0.4, 0.5) is 0 Å². The number of hydrogen-bond donors (Lipinski definition) is 0. The molecule has 1 heterocycles. The van der Waals surface area contributed by atoms with Crippen LogP contribution in [0.2, 0.25) is 12.1 Å². The summed E-state index contributed by atoms with van der Waals surface area (Å²) in [6.07, 6.45) is 2.17. The van der Waals surface area contributed by atoms with Crippen LogP contribution in [-0.2, 0) is 0 Å². The monoisotopic (exact) mass is 210 g/mol. The summed E-state index contributed by atoms with van der Waals surface area (Å²) in [4.78, 5) is 0. The summed E-state index contributed by atoms with van der Waals surface area (Å²) in [5, 5.41) is 0. The summed E-state index contributed by atoms with van der Waals surface area (Å²) >= 11 is 0. The lowest BCUT2D eigenvalue weighted by molar-refractivity contribution is 0.815. The quantitative estimate of drug-likeness (QED) is 0.479. The summed E-state index contributed by atoms with van der Waals surface area (Å²) in [5.74, 6) is 0.829. The maximum Gasteiger partial charge on any atom is 0.0459 e. The Bertz CT molecular complexity index is 149. The molecule has 1 rings (SSSR count). The fourth-order valence-corrected chi connectivity index (χ4v) is 27.8. The topological polar surface area (TPSA) is 0 Å². The van der Waals surface area contributed by atoms with Crippen LogP contribution >= 0.6 is 0 Å². The summed E-state index contributed by atoms with van der Waals surface area (Å²) in [5.41, 5.74) is 4.62. The third-order valence-corrected chi connectivity index (χ3v) is 26.3. The first-order valence-electron chi connectivity index (χ1n) is 4.67. The van der Waals surface area contributed by atoms with Crippen molar-refractivity contribution in [2.45, 2.75) is 12.1 Å². The van der Waals surface area contributed by atoms with Gasteiger partial charge in [0, 0.05) is 25.2 Å². The molecule has 0 bridgehead atoms. The highest BCUT2D eigenvalue weighted by molar-refractivity contribution is 7.44. The van der Waals surface area contributed by atoms with Crippen molar-refractivity contribution in [2.24, 2.45) is 5.92 Å². The van der Waals surface area contributed by atoms with Crippen molar-refractivity contribution in [3.63, 3.8) is 0 Å². The van der Waals surface area contributed by atoms with E-state index in [1.807, 2.05) is 0 Å². The third-order valence-electron chi connectivity index (χ3n) is 2.82. The van der Waals surface area contributed by atoms with Gasteiger partial charge in [-0.25, -0.2) is 0 Å². The Morgan fingerprint density at radius 3 is 1.92 bits per heavy atom. The molecule has 0 nitrogen and oxygen atoms in total. The highest BCUT2D eigenvalue weighted by Gasteiger charge is 2.25. The van der Waals surface area contributed by atoms with E-state index in [1.165, 1.54) is 12.1 Å². The standard InChI is InChI=1S/C9H18Si3/c1-4-9-7-11(5-2)10-12(6-3)8-9/h4-6,9,11-12H,1-3,7-8,10H2. The molecule has 0 spiro atoms. The molecule has 66 valence electrons. The molecule has 0 radical (unpaired) electrons. The van der Waals surface area contributed by atoms with Crippen LogP contribution in [-0.4, -0.2) is 25.2 Å². The van der Waals surface area contributed by atoms with Crippen molar-refractivity contribution in [3.05, 3.63) is 37.2 Å². The highest BCUT2D eigenvalue weighted by atomic mass is 29.6. The van der Waals surface area contributed by atoms with Gasteiger partial charge in [-0.3, -0.25) is 0 Å². The molecular formula is C9H18Si3. The lowest BCUT2D eigenvalue weighted by Crippen LogP contribution is -2.41. The van der Waals surface area contributed by atoms with E-state index in [4.69, 9.17) is 0 Å². The Balaban J connectivity index is 2.57. The zero-order chi connectivity index (χ0) is 8.97. The summed E-state index contributed by atoms with van der Waals surface area (Å²) in [6.45, 7) is 11.9. The van der Waals surface area contributed by atoms with E-state index in [0.29, 0.717) is 0 Å². The molecule has 0 aromatic carbocycles. The minimum atomic E-state index is -0.434. The van der Waals surface area contributed by atoms with Gasteiger partial charge in [0.05, 0.1) is 0 Å². The van der Waals surface area contributed by atoms with Gasteiger partial charge in [-0.1, -0.05) is 18.2 Å². The van der Waals surface area contributed by atoms with E-state index >= 15 is 0 Å². The Morgan fingerprint density at radius 1 is 1.08 bits per heavy atom. The molecule has 1 aliphatic rings. The molecule has 0 saturated carbocycles. The van der Waals surface area contributed by atoms with Gasteiger partial charge < -0.3 is 0 Å². The van der Waals surface area contributed by atoms with Crippen LogP contribution in [0.3, 0.4) is 0 Å². The molecule has 0 aromatic heterocycles. The van der Waals surface area contributed by atoms with Crippen molar-refractivity contribution in [1.82, 2.24) is 0 Å². The minimum absolute atomic E-state index is 0.289. The van der Waals surface area contributed by atoms with Gasteiger partial charge in [-0.15, -0.1) is 31.1 Å². The van der Waals surface area contributed by atoms with Crippen LogP contribution in [0.25, 0.3) is 0 Å². The van der Waals surface area contributed by atoms with E-state index in [2.05, 4.69) is 37.2 Å². The van der Waals surface area contributed by atoms with Gasteiger partial charge in [-0.05, 0) is 5.92 Å². The van der Waals surface area contributed by atoms with Crippen LogP contribution < -0.4 is 0 Å². The largest absolute Gasteiger partial charge is 0.108 e. The smallest absolute Gasteiger partial charge is 0.0459 e. The predicted octanol–water partition coefficient (Wildman–Crippen LogP) is 0.869. The van der Waals surface area contributed by atoms with Crippen molar-refractivity contribution in [3.8, 4) is 0 Å². The number of rotatable bonds is 3. The second-order valence-electron chi connectivity index (χ2n) is 3.69. The van der Waals surface area contributed by atoms with Gasteiger partial charge >= 0.3 is 0 Å². The molecule has 1 aliphatic heterocycles. The van der Waals surface area contributed by atoms with Crippen molar-refractivity contribution < 1.29 is 0 Å². The van der Waals surface area contributed by atoms with E-state index < -0.39 is 16.6 Å². The predicted molar refractivity (Wildman–Crippen MR) is 66.5 cm³/mol. The van der Waals surface area contributed by atoms with Crippen molar-refractivity contribution >= 4 is 25.2 Å². The lowest BCUT2D eigenvalue weighted by atomic mass is 10.2. The Kier molecular flexibility index (Phi) is 3.97. The maximum absolute atomic E-state index is 3.97. The fraction of sp³-hybridized carbons (Fsp3) is 0.333. The van der Waals surface area contributed by atoms with Crippen LogP contribution in [0.5, 0.6) is 0 Å². The Hall–Kier alpha value is -0.129. The third kappa shape index (κ3) is 2.43. The Morgan fingerprint density at radius 2 is 1.58 bits per heavy atom. The second-order valence-corrected chi connectivity index (χ2v) is 21.0. The lowest BCUT2D eigenvalue weighted by Gasteiger charge is -2.28. The summed E-state index contributed by atoms with van der Waals surface area (Å²) in [7, 11) is -0.579. The van der Waals surface area contributed by atoms with Crippen LogP contribution in [0.15, 0.2) is 37.2 Å². The number of hydrogen-bond acceptors (Lipinski definition) is 0. The summed E-state index contributed by atoms with van der Waals surface area (Å²) in [6, 6.07) is 2.94. The van der Waals surface area contributed by atoms with Gasteiger partial charge in [0.25, 0.3) is 0 Å². The van der Waals surface area contributed by atoms with Crippen molar-refractivity contribution in [2.75, 3.05) is 0 Å². The van der Waals surface area contributed by atoms with E-state index in [-0.39, 0.29) is 8.55 Å². The van der Waals surface area contributed by atoms with E-state index in [0.717, 1.165) is 5.92 Å². The first kappa shape index (κ1) is 9.95. The maximum atomic E-state index is 3.97. The average molecular weight is 211 g/mol. The molecule has 1 fully saturated rings. The minimum Gasteiger partial charge on any atom is -0.108 e. The fourth-order valence-electron chi connectivity index (χ4n) is 2.03. The molecule has 0 aromatic rings. The Labute approximate surface area is 80.7 Å². The van der Waals surface area contributed by atoms with Gasteiger partial charge in [0.1, 0.15) is 0 Å². The highest BCUT2D eigenvalue weighted by Crippen LogP contribution is 2.22. The normalized spacial score (nSPS) is 37.5. The number of allylic oxidation sites excluding steroid dienone is 1. The van der Waals surface area contributed by atoms with E-state index in [9.17, 15) is 0 Å². The molecule has 0 amide bonds. The first-order valence-corrected chi connectivity index (χ1v) is 14.2. The average Bonchev–Trinajstić information content (AvgIpc) is 2.16. The molecule has 3 heteroatoms. The van der Waals surface area contributed by atoms with Crippen molar-refractivity contribution in [1.29, 1.82) is 0 Å². The second kappa shape index (κ2) is 4.79. The molecule has 12 heavy (non-hydrogen) atoms.